The van der Waals surface area contributed by atoms with Crippen LogP contribution in [0.25, 0.3) is 0 Å². The summed E-state index contributed by atoms with van der Waals surface area (Å²) in [6, 6.07) is 0. The Bertz CT molecular complexity index is 255. The molecule has 2 fully saturated rings. The van der Waals surface area contributed by atoms with Crippen LogP contribution < -0.4 is 5.32 Å². The van der Waals surface area contributed by atoms with E-state index in [1.165, 1.54) is 32.2 Å². The number of rotatable bonds is 7. The van der Waals surface area contributed by atoms with Crippen molar-refractivity contribution < 1.29 is 9.47 Å². The molecule has 4 heteroatoms. The van der Waals surface area contributed by atoms with Crippen molar-refractivity contribution in [2.75, 3.05) is 53.0 Å². The molecule has 2 aliphatic rings. The lowest BCUT2D eigenvalue weighted by molar-refractivity contribution is 0.0116. The summed E-state index contributed by atoms with van der Waals surface area (Å²) < 4.78 is 11.2. The lowest BCUT2D eigenvalue weighted by Crippen LogP contribution is -2.49. The molecule has 2 heterocycles. The van der Waals surface area contributed by atoms with Crippen LogP contribution in [0, 0.1) is 5.41 Å². The molecule has 2 aliphatic heterocycles. The molecule has 0 amide bonds. The van der Waals surface area contributed by atoms with Crippen molar-refractivity contribution in [3.8, 4) is 0 Å². The van der Waals surface area contributed by atoms with Crippen LogP contribution in [0.1, 0.15) is 32.6 Å². The number of hydrogen-bond donors (Lipinski definition) is 1. The number of methoxy groups -OCH3 is 1. The molecule has 2 saturated heterocycles. The van der Waals surface area contributed by atoms with Gasteiger partial charge >= 0.3 is 0 Å². The molecule has 0 spiro atoms. The Morgan fingerprint density at radius 2 is 2.37 bits per heavy atom. The third-order valence-electron chi connectivity index (χ3n) is 4.47. The van der Waals surface area contributed by atoms with Gasteiger partial charge in [0.05, 0.1) is 12.7 Å². The van der Waals surface area contributed by atoms with Crippen LogP contribution in [0.5, 0.6) is 0 Å². The van der Waals surface area contributed by atoms with Crippen LogP contribution in [0.15, 0.2) is 0 Å². The summed E-state index contributed by atoms with van der Waals surface area (Å²) >= 11 is 0. The zero-order valence-electron chi connectivity index (χ0n) is 12.6. The van der Waals surface area contributed by atoms with Crippen molar-refractivity contribution in [1.29, 1.82) is 0 Å². The van der Waals surface area contributed by atoms with Gasteiger partial charge in [-0.25, -0.2) is 0 Å². The number of hydrogen-bond acceptors (Lipinski definition) is 4. The SMILES string of the molecule is CCCNCC1(CN2CCCC(OC)C2)CCOC1. The zero-order valence-corrected chi connectivity index (χ0v) is 12.6. The smallest absolute Gasteiger partial charge is 0.0698 e. The molecule has 0 bridgehead atoms. The van der Waals surface area contributed by atoms with Crippen LogP contribution in [-0.4, -0.2) is 64.1 Å². The topological polar surface area (TPSA) is 33.7 Å². The maximum atomic E-state index is 5.69. The Hall–Kier alpha value is -0.160. The quantitative estimate of drug-likeness (QED) is 0.711. The molecule has 0 radical (unpaired) electrons. The summed E-state index contributed by atoms with van der Waals surface area (Å²) in [5.41, 5.74) is 0.324. The molecule has 0 aromatic rings. The van der Waals surface area contributed by atoms with Gasteiger partial charge in [-0.1, -0.05) is 6.92 Å². The van der Waals surface area contributed by atoms with Crippen molar-refractivity contribution in [3.05, 3.63) is 0 Å². The first-order valence-electron chi connectivity index (χ1n) is 7.81. The molecule has 0 aromatic heterocycles. The van der Waals surface area contributed by atoms with Crippen LogP contribution >= 0.6 is 0 Å². The van der Waals surface area contributed by atoms with Crippen molar-refractivity contribution in [1.82, 2.24) is 10.2 Å². The first-order chi connectivity index (χ1) is 9.28. The van der Waals surface area contributed by atoms with Crippen molar-refractivity contribution in [2.45, 2.75) is 38.7 Å². The average Bonchev–Trinajstić information content (AvgIpc) is 2.88. The molecule has 0 aliphatic carbocycles. The van der Waals surface area contributed by atoms with Gasteiger partial charge in [0.15, 0.2) is 0 Å². The van der Waals surface area contributed by atoms with E-state index in [0.29, 0.717) is 11.5 Å². The number of nitrogens with zero attached hydrogens (tertiary/aromatic N) is 1. The zero-order chi connectivity index (χ0) is 13.6. The van der Waals surface area contributed by atoms with Gasteiger partial charge in [0.25, 0.3) is 0 Å². The van der Waals surface area contributed by atoms with Gasteiger partial charge in [-0.2, -0.15) is 0 Å². The fraction of sp³-hybridized carbons (Fsp3) is 1.00. The van der Waals surface area contributed by atoms with E-state index in [1.54, 1.807) is 0 Å². The second-order valence-corrected chi connectivity index (χ2v) is 6.21. The first-order valence-corrected chi connectivity index (χ1v) is 7.81. The fourth-order valence-electron chi connectivity index (χ4n) is 3.32. The highest BCUT2D eigenvalue weighted by molar-refractivity contribution is 4.90. The van der Waals surface area contributed by atoms with Gasteiger partial charge in [-0.3, -0.25) is 0 Å². The van der Waals surface area contributed by atoms with Crippen molar-refractivity contribution >= 4 is 0 Å². The van der Waals surface area contributed by atoms with Gasteiger partial charge in [0.1, 0.15) is 0 Å². The molecule has 112 valence electrons. The Labute approximate surface area is 117 Å². The average molecular weight is 270 g/mol. The second kappa shape index (κ2) is 7.58. The molecule has 2 unspecified atom stereocenters. The fourth-order valence-corrected chi connectivity index (χ4v) is 3.32. The summed E-state index contributed by atoms with van der Waals surface area (Å²) in [6.07, 6.45) is 5.30. The van der Waals surface area contributed by atoms with E-state index in [0.717, 1.165) is 39.4 Å². The van der Waals surface area contributed by atoms with Gasteiger partial charge < -0.3 is 19.7 Å². The molecular weight excluding hydrogens is 240 g/mol. The molecule has 19 heavy (non-hydrogen) atoms. The van der Waals surface area contributed by atoms with Gasteiger partial charge in [0, 0.05) is 38.8 Å². The highest BCUT2D eigenvalue weighted by Crippen LogP contribution is 2.30. The summed E-state index contributed by atoms with van der Waals surface area (Å²) in [4.78, 5) is 2.58. The third kappa shape index (κ3) is 4.42. The van der Waals surface area contributed by atoms with E-state index in [1.807, 2.05) is 7.11 Å². The minimum absolute atomic E-state index is 0.324. The van der Waals surface area contributed by atoms with E-state index >= 15 is 0 Å². The number of ether oxygens (including phenoxy) is 2. The molecule has 4 nitrogen and oxygen atoms in total. The maximum Gasteiger partial charge on any atom is 0.0698 e. The summed E-state index contributed by atoms with van der Waals surface area (Å²) in [5.74, 6) is 0. The molecule has 1 N–H and O–H groups in total. The Kier molecular flexibility index (Phi) is 6.07. The Morgan fingerprint density at radius 3 is 3.05 bits per heavy atom. The minimum Gasteiger partial charge on any atom is -0.381 e. The normalized spacial score (nSPS) is 32.8. The van der Waals surface area contributed by atoms with Crippen molar-refractivity contribution in [2.24, 2.45) is 5.41 Å². The monoisotopic (exact) mass is 270 g/mol. The van der Waals surface area contributed by atoms with Crippen molar-refractivity contribution in [3.63, 3.8) is 0 Å². The predicted octanol–water partition coefficient (Wildman–Crippen LogP) is 1.50. The van der Waals surface area contributed by atoms with E-state index in [2.05, 4.69) is 17.1 Å². The number of likely N-dealkylation sites (tertiary alicyclic amines) is 1. The van der Waals surface area contributed by atoms with E-state index in [9.17, 15) is 0 Å². The third-order valence-corrected chi connectivity index (χ3v) is 4.47. The molecule has 2 atom stereocenters. The first kappa shape index (κ1) is 15.2. The van der Waals surface area contributed by atoms with Crippen LogP contribution in [0.2, 0.25) is 0 Å². The van der Waals surface area contributed by atoms with E-state index in [4.69, 9.17) is 9.47 Å². The highest BCUT2D eigenvalue weighted by Gasteiger charge is 2.37. The molecule has 0 aromatic carbocycles. The van der Waals surface area contributed by atoms with Gasteiger partial charge in [0.2, 0.25) is 0 Å². The van der Waals surface area contributed by atoms with Crippen LogP contribution in [0.3, 0.4) is 0 Å². The summed E-state index contributed by atoms with van der Waals surface area (Å²) in [5, 5.41) is 3.59. The number of piperidine rings is 1. The largest absolute Gasteiger partial charge is 0.381 e. The molecular formula is C15H30N2O2. The van der Waals surface area contributed by atoms with Gasteiger partial charge in [-0.05, 0) is 38.8 Å². The summed E-state index contributed by atoms with van der Waals surface area (Å²) in [6.45, 7) is 9.73. The minimum atomic E-state index is 0.324. The highest BCUT2D eigenvalue weighted by atomic mass is 16.5. The summed E-state index contributed by atoms with van der Waals surface area (Å²) in [7, 11) is 1.84. The van der Waals surface area contributed by atoms with E-state index in [-0.39, 0.29) is 0 Å². The van der Waals surface area contributed by atoms with E-state index < -0.39 is 0 Å². The number of nitrogens with one attached hydrogen (secondary N) is 1. The molecule has 0 saturated carbocycles. The Balaban J connectivity index is 1.85. The predicted molar refractivity (Wildman–Crippen MR) is 77.5 cm³/mol. The Morgan fingerprint density at radius 1 is 1.47 bits per heavy atom. The van der Waals surface area contributed by atoms with Crippen LogP contribution in [-0.2, 0) is 9.47 Å². The lowest BCUT2D eigenvalue weighted by atomic mass is 9.85. The maximum absolute atomic E-state index is 5.69. The standard InChI is InChI=1S/C15H30N2O2/c1-3-7-16-11-15(6-9-19-13-15)12-17-8-4-5-14(10-17)18-2/h14,16H,3-13H2,1-2H3. The van der Waals surface area contributed by atoms with Crippen LogP contribution in [0.4, 0.5) is 0 Å². The van der Waals surface area contributed by atoms with Gasteiger partial charge in [-0.15, -0.1) is 0 Å². The second-order valence-electron chi connectivity index (χ2n) is 6.21. The lowest BCUT2D eigenvalue weighted by Gasteiger charge is -2.38. The molecule has 2 rings (SSSR count).